The first-order chi connectivity index (χ1) is 8.44. The molecule has 0 N–H and O–H groups in total. The average molecular weight is 273 g/mol. The second-order valence-electron chi connectivity index (χ2n) is 4.95. The Hall–Kier alpha value is -1.04. The molecule has 6 heteroatoms. The van der Waals surface area contributed by atoms with Crippen LogP contribution >= 0.6 is 0 Å². The van der Waals surface area contributed by atoms with Crippen LogP contribution in [0, 0.1) is 12.8 Å². The smallest absolute Gasteiger partial charge is 0.307 e. The van der Waals surface area contributed by atoms with Gasteiger partial charge in [0.05, 0.1) is 6.26 Å². The number of aromatic nitrogens is 1. The van der Waals surface area contributed by atoms with Gasteiger partial charge in [0.2, 0.25) is 0 Å². The molecular formula is C12H19NO4S. The fraction of sp³-hybridized carbons (Fsp3) is 0.750. The Bertz CT molecular complexity index is 500. The van der Waals surface area contributed by atoms with Crippen LogP contribution in [0.15, 0.2) is 4.42 Å². The molecule has 1 aliphatic rings. The summed E-state index contributed by atoms with van der Waals surface area (Å²) in [5, 5.41) is 0. The number of oxazole rings is 1. The quantitative estimate of drug-likeness (QED) is 0.771. The third-order valence-electron chi connectivity index (χ3n) is 3.27. The number of hydrogen-bond acceptors (Lipinski definition) is 5. The molecule has 5 nitrogen and oxygen atoms in total. The zero-order valence-electron chi connectivity index (χ0n) is 10.8. The predicted octanol–water partition coefficient (Wildman–Crippen LogP) is 2.44. The lowest BCUT2D eigenvalue weighted by Crippen LogP contribution is -2.06. The van der Waals surface area contributed by atoms with Gasteiger partial charge in [-0.3, -0.25) is 0 Å². The van der Waals surface area contributed by atoms with Gasteiger partial charge in [-0.05, 0) is 19.3 Å². The molecule has 0 atom stereocenters. The Balaban J connectivity index is 1.95. The van der Waals surface area contributed by atoms with E-state index in [-0.39, 0.29) is 5.88 Å². The van der Waals surface area contributed by atoms with E-state index in [1.807, 2.05) is 0 Å². The summed E-state index contributed by atoms with van der Waals surface area (Å²) >= 11 is 0. The fourth-order valence-electron chi connectivity index (χ4n) is 2.39. The van der Waals surface area contributed by atoms with Crippen molar-refractivity contribution in [1.82, 2.24) is 4.98 Å². The van der Waals surface area contributed by atoms with E-state index in [4.69, 9.17) is 8.60 Å². The van der Waals surface area contributed by atoms with E-state index >= 15 is 0 Å². The molecule has 0 aliphatic heterocycles. The van der Waals surface area contributed by atoms with Crippen molar-refractivity contribution in [3.63, 3.8) is 0 Å². The maximum absolute atomic E-state index is 11.0. The molecule has 1 saturated carbocycles. The second kappa shape index (κ2) is 5.30. The third kappa shape index (κ3) is 3.73. The Kier molecular flexibility index (Phi) is 3.94. The maximum Gasteiger partial charge on any atom is 0.307 e. The highest BCUT2D eigenvalue weighted by Crippen LogP contribution is 2.29. The molecule has 1 aromatic rings. The van der Waals surface area contributed by atoms with E-state index in [0.29, 0.717) is 11.7 Å². The SMILES string of the molecule is Cc1oc(CCC2CCCC2)nc1OS(C)(=O)=O. The van der Waals surface area contributed by atoms with E-state index in [1.165, 1.54) is 25.7 Å². The molecule has 0 unspecified atom stereocenters. The van der Waals surface area contributed by atoms with E-state index in [9.17, 15) is 8.42 Å². The molecular weight excluding hydrogens is 254 g/mol. The van der Waals surface area contributed by atoms with Crippen LogP contribution in [0.5, 0.6) is 5.88 Å². The van der Waals surface area contributed by atoms with Crippen LogP contribution in [0.2, 0.25) is 0 Å². The van der Waals surface area contributed by atoms with Gasteiger partial charge in [-0.1, -0.05) is 25.7 Å². The molecule has 0 bridgehead atoms. The Morgan fingerprint density at radius 1 is 1.39 bits per heavy atom. The molecule has 1 heterocycles. The highest BCUT2D eigenvalue weighted by atomic mass is 32.2. The maximum atomic E-state index is 11.0. The average Bonchev–Trinajstić information content (AvgIpc) is 2.84. The van der Waals surface area contributed by atoms with E-state index in [1.54, 1.807) is 6.92 Å². The van der Waals surface area contributed by atoms with Crippen molar-refractivity contribution in [2.45, 2.75) is 45.4 Å². The Labute approximate surface area is 108 Å². The summed E-state index contributed by atoms with van der Waals surface area (Å²) in [4.78, 5) is 4.09. The Morgan fingerprint density at radius 3 is 2.67 bits per heavy atom. The standard InChI is InChI=1S/C12H19NO4S/c1-9-12(17-18(2,14)15)13-11(16-9)8-7-10-5-3-4-6-10/h10H,3-8H2,1-2H3. The number of hydrogen-bond donors (Lipinski definition) is 0. The normalized spacial score (nSPS) is 17.2. The van der Waals surface area contributed by atoms with Crippen LogP contribution in [0.1, 0.15) is 43.8 Å². The summed E-state index contributed by atoms with van der Waals surface area (Å²) in [6.07, 6.45) is 8.00. The molecule has 0 spiro atoms. The molecule has 0 aromatic carbocycles. The molecule has 2 rings (SSSR count). The van der Waals surface area contributed by atoms with Crippen molar-refractivity contribution in [3.05, 3.63) is 11.7 Å². The van der Waals surface area contributed by atoms with Gasteiger partial charge in [-0.25, -0.2) is 0 Å². The predicted molar refractivity (Wildman–Crippen MR) is 67.0 cm³/mol. The van der Waals surface area contributed by atoms with E-state index in [0.717, 1.165) is 25.0 Å². The van der Waals surface area contributed by atoms with Gasteiger partial charge in [0.25, 0.3) is 5.88 Å². The molecule has 1 aromatic heterocycles. The lowest BCUT2D eigenvalue weighted by molar-refractivity contribution is 0.424. The molecule has 0 radical (unpaired) electrons. The minimum atomic E-state index is -3.54. The summed E-state index contributed by atoms with van der Waals surface area (Å²) in [5.41, 5.74) is 0. The van der Waals surface area contributed by atoms with Gasteiger partial charge in [0, 0.05) is 6.42 Å². The minimum absolute atomic E-state index is 0.0684. The molecule has 0 saturated heterocycles. The van der Waals surface area contributed by atoms with Crippen molar-refractivity contribution in [1.29, 1.82) is 0 Å². The van der Waals surface area contributed by atoms with Crippen LogP contribution < -0.4 is 4.18 Å². The third-order valence-corrected chi connectivity index (χ3v) is 3.73. The lowest BCUT2D eigenvalue weighted by Gasteiger charge is -2.05. The zero-order chi connectivity index (χ0) is 13.2. The highest BCUT2D eigenvalue weighted by Gasteiger charge is 2.18. The van der Waals surface area contributed by atoms with Crippen molar-refractivity contribution in [2.75, 3.05) is 6.26 Å². The summed E-state index contributed by atoms with van der Waals surface area (Å²) in [7, 11) is -3.54. The largest absolute Gasteiger partial charge is 0.442 e. The monoisotopic (exact) mass is 273 g/mol. The van der Waals surface area contributed by atoms with Crippen molar-refractivity contribution < 1.29 is 17.0 Å². The summed E-state index contributed by atoms with van der Waals surface area (Å²) in [6, 6.07) is 0. The highest BCUT2D eigenvalue weighted by molar-refractivity contribution is 7.86. The van der Waals surface area contributed by atoms with Crippen molar-refractivity contribution in [2.24, 2.45) is 5.92 Å². The first-order valence-electron chi connectivity index (χ1n) is 6.30. The molecule has 1 aliphatic carbocycles. The zero-order valence-corrected chi connectivity index (χ0v) is 11.6. The molecule has 1 fully saturated rings. The number of nitrogens with zero attached hydrogens (tertiary/aromatic N) is 1. The lowest BCUT2D eigenvalue weighted by atomic mass is 10.0. The minimum Gasteiger partial charge on any atom is -0.442 e. The topological polar surface area (TPSA) is 69.4 Å². The van der Waals surface area contributed by atoms with Crippen LogP contribution in [0.4, 0.5) is 0 Å². The summed E-state index contributed by atoms with van der Waals surface area (Å²) in [6.45, 7) is 1.66. The van der Waals surface area contributed by atoms with Crippen LogP contribution in [0.25, 0.3) is 0 Å². The molecule has 102 valence electrons. The van der Waals surface area contributed by atoms with Crippen molar-refractivity contribution >= 4 is 10.1 Å². The van der Waals surface area contributed by atoms with Gasteiger partial charge in [-0.2, -0.15) is 13.4 Å². The van der Waals surface area contributed by atoms with Gasteiger partial charge in [0.1, 0.15) is 0 Å². The van der Waals surface area contributed by atoms with E-state index < -0.39 is 10.1 Å². The molecule has 0 amide bonds. The van der Waals surface area contributed by atoms with Crippen molar-refractivity contribution in [3.8, 4) is 5.88 Å². The van der Waals surface area contributed by atoms with Gasteiger partial charge < -0.3 is 8.60 Å². The Morgan fingerprint density at radius 2 is 2.06 bits per heavy atom. The van der Waals surface area contributed by atoms with Gasteiger partial charge in [-0.15, -0.1) is 0 Å². The first kappa shape index (κ1) is 13.4. The van der Waals surface area contributed by atoms with Crippen LogP contribution in [-0.2, 0) is 16.5 Å². The number of rotatable bonds is 5. The summed E-state index contributed by atoms with van der Waals surface area (Å²) < 4.78 is 32.2. The van der Waals surface area contributed by atoms with Crippen LogP contribution in [0.3, 0.4) is 0 Å². The van der Waals surface area contributed by atoms with Gasteiger partial charge >= 0.3 is 10.1 Å². The van der Waals surface area contributed by atoms with E-state index in [2.05, 4.69) is 4.98 Å². The number of aryl methyl sites for hydroxylation is 2. The fourth-order valence-corrected chi connectivity index (χ4v) is 2.83. The van der Waals surface area contributed by atoms with Crippen LogP contribution in [-0.4, -0.2) is 19.7 Å². The first-order valence-corrected chi connectivity index (χ1v) is 8.11. The molecule has 18 heavy (non-hydrogen) atoms. The second-order valence-corrected chi connectivity index (χ2v) is 6.52. The van der Waals surface area contributed by atoms with Gasteiger partial charge in [0.15, 0.2) is 11.7 Å². The summed E-state index contributed by atoms with van der Waals surface area (Å²) in [5.74, 6) is 1.82.